The summed E-state index contributed by atoms with van der Waals surface area (Å²) in [5.74, 6) is -0.478. The molecule has 30 heavy (non-hydrogen) atoms. The van der Waals surface area contributed by atoms with Gasteiger partial charge in [0.25, 0.3) is 5.91 Å². The van der Waals surface area contributed by atoms with Gasteiger partial charge in [0.05, 0.1) is 15.5 Å². The topological polar surface area (TPSA) is 114 Å². The number of carbonyl (C=O) groups excluding carboxylic acids is 1. The van der Waals surface area contributed by atoms with Gasteiger partial charge in [-0.05, 0) is 30.3 Å². The lowest BCUT2D eigenvalue weighted by Crippen LogP contribution is -2.22. The summed E-state index contributed by atoms with van der Waals surface area (Å²) in [5.41, 5.74) is 1.48. The van der Waals surface area contributed by atoms with Crippen LogP contribution in [-0.4, -0.2) is 52.4 Å². The Bertz CT molecular complexity index is 1300. The van der Waals surface area contributed by atoms with Gasteiger partial charge in [-0.25, -0.2) is 26.1 Å². The minimum Gasteiger partial charge on any atom is -0.298 e. The number of thiazole rings is 1. The number of sulfone groups is 1. The second-order valence-corrected chi connectivity index (χ2v) is 11.6. The van der Waals surface area contributed by atoms with E-state index in [1.807, 2.05) is 0 Å². The highest BCUT2D eigenvalue weighted by atomic mass is 32.2. The smallest absolute Gasteiger partial charge is 0.257 e. The molecule has 11 heteroatoms. The van der Waals surface area contributed by atoms with Crippen LogP contribution in [0.2, 0.25) is 0 Å². The van der Waals surface area contributed by atoms with Crippen LogP contribution in [-0.2, 0) is 19.9 Å². The molecule has 2 aromatic carbocycles. The summed E-state index contributed by atoms with van der Waals surface area (Å²) in [5, 5.41) is 4.72. The first kappa shape index (κ1) is 22.1. The van der Waals surface area contributed by atoms with E-state index in [1.54, 1.807) is 17.5 Å². The SMILES string of the molecule is CN(C)S(=O)(=O)c1ccc(-c2csc(NC(=O)c3cccc(S(C)(=O)=O)c3)n2)cc1. The minimum absolute atomic E-state index is 0.0581. The van der Waals surface area contributed by atoms with E-state index in [4.69, 9.17) is 0 Å². The third-order valence-electron chi connectivity index (χ3n) is 4.18. The van der Waals surface area contributed by atoms with Crippen molar-refractivity contribution in [1.82, 2.24) is 9.29 Å². The highest BCUT2D eigenvalue weighted by Crippen LogP contribution is 2.27. The molecular formula is C19H19N3O5S3. The molecule has 0 aliphatic rings. The summed E-state index contributed by atoms with van der Waals surface area (Å²) in [4.78, 5) is 17.0. The number of benzene rings is 2. The largest absolute Gasteiger partial charge is 0.298 e. The van der Waals surface area contributed by atoms with Crippen LogP contribution < -0.4 is 5.32 Å². The van der Waals surface area contributed by atoms with Crippen LogP contribution in [0.25, 0.3) is 11.3 Å². The maximum absolute atomic E-state index is 12.4. The van der Waals surface area contributed by atoms with Crippen molar-refractivity contribution < 1.29 is 21.6 Å². The molecule has 3 aromatic rings. The normalized spacial score (nSPS) is 12.1. The molecule has 158 valence electrons. The zero-order valence-corrected chi connectivity index (χ0v) is 18.8. The Morgan fingerprint density at radius 3 is 2.27 bits per heavy atom. The van der Waals surface area contributed by atoms with Crippen LogP contribution in [0, 0.1) is 0 Å². The molecule has 0 atom stereocenters. The summed E-state index contributed by atoms with van der Waals surface area (Å²) >= 11 is 1.20. The standard InChI is InChI=1S/C19H19N3O5S3/c1-22(2)30(26,27)15-9-7-13(8-10-15)17-12-28-19(20-17)21-18(23)14-5-4-6-16(11-14)29(3,24)25/h4-12H,1-3H3,(H,20,21,23). The molecule has 0 aliphatic carbocycles. The molecule has 0 saturated heterocycles. The Hall–Kier alpha value is -2.60. The molecule has 0 unspecified atom stereocenters. The Morgan fingerprint density at radius 2 is 1.67 bits per heavy atom. The van der Waals surface area contributed by atoms with Crippen LogP contribution in [0.15, 0.2) is 63.7 Å². The predicted molar refractivity (Wildman–Crippen MR) is 116 cm³/mol. The van der Waals surface area contributed by atoms with E-state index >= 15 is 0 Å². The van der Waals surface area contributed by atoms with E-state index in [9.17, 15) is 21.6 Å². The number of hydrogen-bond acceptors (Lipinski definition) is 7. The van der Waals surface area contributed by atoms with E-state index in [1.165, 1.54) is 61.8 Å². The number of rotatable bonds is 6. The summed E-state index contributed by atoms with van der Waals surface area (Å²) in [6.07, 6.45) is 1.08. The Labute approximate surface area is 179 Å². The molecule has 1 N–H and O–H groups in total. The maximum Gasteiger partial charge on any atom is 0.257 e. The maximum atomic E-state index is 12.4. The third-order valence-corrected chi connectivity index (χ3v) is 7.87. The minimum atomic E-state index is -3.52. The lowest BCUT2D eigenvalue weighted by Gasteiger charge is -2.11. The van der Waals surface area contributed by atoms with Crippen molar-refractivity contribution in [1.29, 1.82) is 0 Å². The van der Waals surface area contributed by atoms with Crippen molar-refractivity contribution in [2.24, 2.45) is 0 Å². The molecule has 0 radical (unpaired) electrons. The quantitative estimate of drug-likeness (QED) is 0.599. The van der Waals surface area contributed by atoms with Gasteiger partial charge in [-0.15, -0.1) is 11.3 Å². The van der Waals surface area contributed by atoms with E-state index in [0.717, 1.165) is 10.6 Å². The van der Waals surface area contributed by atoms with Gasteiger partial charge in [0.2, 0.25) is 10.0 Å². The van der Waals surface area contributed by atoms with Crippen LogP contribution in [0.5, 0.6) is 0 Å². The van der Waals surface area contributed by atoms with Gasteiger partial charge in [-0.1, -0.05) is 18.2 Å². The number of sulfonamides is 1. The zero-order valence-electron chi connectivity index (χ0n) is 16.4. The lowest BCUT2D eigenvalue weighted by molar-refractivity contribution is 0.102. The first-order valence-corrected chi connectivity index (χ1v) is 12.8. The Morgan fingerprint density at radius 1 is 1.00 bits per heavy atom. The van der Waals surface area contributed by atoms with Crippen LogP contribution in [0.1, 0.15) is 10.4 Å². The van der Waals surface area contributed by atoms with Gasteiger partial charge in [-0.3, -0.25) is 10.1 Å². The fraction of sp³-hybridized carbons (Fsp3) is 0.158. The summed E-state index contributed by atoms with van der Waals surface area (Å²) in [6, 6.07) is 12.0. The molecule has 1 aromatic heterocycles. The number of aromatic nitrogens is 1. The van der Waals surface area contributed by atoms with Gasteiger partial charge in [-0.2, -0.15) is 0 Å². The second kappa shape index (κ2) is 8.26. The number of amides is 1. The fourth-order valence-electron chi connectivity index (χ4n) is 2.51. The highest BCUT2D eigenvalue weighted by Gasteiger charge is 2.17. The second-order valence-electron chi connectivity index (χ2n) is 6.60. The molecular weight excluding hydrogens is 446 g/mol. The molecule has 0 saturated carbocycles. The molecule has 1 heterocycles. The number of nitrogens with one attached hydrogen (secondary N) is 1. The van der Waals surface area contributed by atoms with Crippen molar-refractivity contribution in [3.63, 3.8) is 0 Å². The summed E-state index contributed by atoms with van der Waals surface area (Å²) in [7, 11) is -4.01. The molecule has 0 spiro atoms. The van der Waals surface area contributed by atoms with Crippen molar-refractivity contribution >= 4 is 42.2 Å². The van der Waals surface area contributed by atoms with Crippen molar-refractivity contribution in [2.75, 3.05) is 25.7 Å². The van der Waals surface area contributed by atoms with Gasteiger partial charge in [0, 0.05) is 36.9 Å². The molecule has 0 aliphatic heterocycles. The molecule has 8 nitrogen and oxygen atoms in total. The van der Waals surface area contributed by atoms with Crippen LogP contribution in [0.4, 0.5) is 5.13 Å². The molecule has 1 amide bonds. The molecule has 0 bridgehead atoms. The van der Waals surface area contributed by atoms with E-state index in [2.05, 4.69) is 10.3 Å². The van der Waals surface area contributed by atoms with Crippen molar-refractivity contribution in [3.05, 3.63) is 59.5 Å². The van der Waals surface area contributed by atoms with Crippen molar-refractivity contribution in [2.45, 2.75) is 9.79 Å². The summed E-state index contributed by atoms with van der Waals surface area (Å²) in [6.45, 7) is 0. The van der Waals surface area contributed by atoms with Crippen LogP contribution in [0.3, 0.4) is 0 Å². The first-order valence-electron chi connectivity index (χ1n) is 8.58. The number of anilines is 1. The van der Waals surface area contributed by atoms with E-state index in [0.29, 0.717) is 16.4 Å². The van der Waals surface area contributed by atoms with Crippen LogP contribution >= 0.6 is 11.3 Å². The van der Waals surface area contributed by atoms with Gasteiger partial charge >= 0.3 is 0 Å². The van der Waals surface area contributed by atoms with Gasteiger partial charge in [0.15, 0.2) is 15.0 Å². The zero-order chi connectivity index (χ0) is 22.1. The number of nitrogens with zero attached hydrogens (tertiary/aromatic N) is 2. The molecule has 3 rings (SSSR count). The van der Waals surface area contributed by atoms with Gasteiger partial charge < -0.3 is 0 Å². The van der Waals surface area contributed by atoms with Crippen molar-refractivity contribution in [3.8, 4) is 11.3 Å². The first-order chi connectivity index (χ1) is 14.0. The third kappa shape index (κ3) is 4.75. The number of hydrogen-bond donors (Lipinski definition) is 1. The average molecular weight is 466 g/mol. The van der Waals surface area contributed by atoms with Gasteiger partial charge in [0.1, 0.15) is 0 Å². The highest BCUT2D eigenvalue weighted by molar-refractivity contribution is 7.90. The fourth-order valence-corrected chi connectivity index (χ4v) is 4.79. The average Bonchev–Trinajstić information content (AvgIpc) is 3.16. The Balaban J connectivity index is 1.78. The number of carbonyl (C=O) groups is 1. The predicted octanol–water partition coefficient (Wildman–Crippen LogP) is 2.72. The van der Waals surface area contributed by atoms with E-state index < -0.39 is 25.8 Å². The monoisotopic (exact) mass is 465 g/mol. The summed E-state index contributed by atoms with van der Waals surface area (Å²) < 4.78 is 48.8. The Kier molecular flexibility index (Phi) is 6.09. The lowest BCUT2D eigenvalue weighted by atomic mass is 10.2. The van der Waals surface area contributed by atoms with E-state index in [-0.39, 0.29) is 15.4 Å². The molecule has 0 fully saturated rings.